The van der Waals surface area contributed by atoms with Crippen LogP contribution in [0.15, 0.2) is 120 Å². The molecule has 100 heavy (non-hydrogen) atoms. The van der Waals surface area contributed by atoms with Gasteiger partial charge in [-0.15, -0.1) is 0 Å². The van der Waals surface area contributed by atoms with Gasteiger partial charge in [-0.2, -0.15) is 0 Å². The number of aromatic nitrogens is 2. The highest BCUT2D eigenvalue weighted by atomic mass is 16.3. The van der Waals surface area contributed by atoms with E-state index in [-0.39, 0.29) is 54.9 Å². The number of allylic oxidation sites excluding steroid dienone is 10. The number of nitrogens with one attached hydrogen (secondary N) is 1. The van der Waals surface area contributed by atoms with Gasteiger partial charge in [-0.05, 0) is 283 Å². The maximum atomic E-state index is 16.9. The van der Waals surface area contributed by atoms with Crippen molar-refractivity contribution in [3.63, 3.8) is 0 Å². The van der Waals surface area contributed by atoms with Gasteiger partial charge in [-0.1, -0.05) is 220 Å². The van der Waals surface area contributed by atoms with E-state index in [0.29, 0.717) is 22.9 Å². The lowest BCUT2D eigenvalue weighted by Crippen LogP contribution is -2.30. The monoisotopic (exact) mass is 1310 g/mol. The van der Waals surface area contributed by atoms with Crippen LogP contribution in [-0.4, -0.2) is 20.9 Å². The van der Waals surface area contributed by atoms with Gasteiger partial charge in [0.15, 0.2) is 0 Å². The number of hydrogen-bond donors (Lipinski definition) is 2. The molecule has 8 aliphatic rings. The van der Waals surface area contributed by atoms with Crippen LogP contribution < -0.4 is 5.35 Å². The Kier molecular flexibility index (Phi) is 12.8. The molecule has 0 spiro atoms. The van der Waals surface area contributed by atoms with Crippen LogP contribution in [0.2, 0.25) is 0 Å². The third kappa shape index (κ3) is 8.95. The molecule has 0 saturated heterocycles. The summed E-state index contributed by atoms with van der Waals surface area (Å²) < 4.78 is 0. The van der Waals surface area contributed by atoms with Crippen LogP contribution in [0, 0.1) is 17.4 Å². The van der Waals surface area contributed by atoms with Crippen LogP contribution >= 0.6 is 0 Å². The number of Topliss-reactive ketones (excluding diaryl/α,β-unsaturated/α-hetero) is 1. The maximum Gasteiger partial charge on any atom is 0.203 e. The molecule has 0 radical (unpaired) electrons. The van der Waals surface area contributed by atoms with Gasteiger partial charge in [-0.25, -0.2) is 4.98 Å². The summed E-state index contributed by atoms with van der Waals surface area (Å²) in [6, 6.07) is 39.1. The van der Waals surface area contributed by atoms with Crippen molar-refractivity contribution in [3.8, 4) is 22.3 Å². The Balaban J connectivity index is 0.975. The fraction of sp³-hybridized carbons (Fsp3) is 0.375. The van der Waals surface area contributed by atoms with E-state index in [2.05, 4.69) is 282 Å². The number of aryl methyl sites for hydroxylation is 1. The lowest BCUT2D eigenvalue weighted by Gasteiger charge is -2.25. The van der Waals surface area contributed by atoms with Gasteiger partial charge in [0.25, 0.3) is 0 Å². The molecule has 1 aromatic heterocycles. The average Bonchev–Trinajstić information content (AvgIpc) is 1.52. The molecule has 8 aromatic carbocycles. The Morgan fingerprint density at radius 2 is 0.670 bits per heavy atom. The molecule has 4 nitrogen and oxygen atoms in total. The summed E-state index contributed by atoms with van der Waals surface area (Å²) in [5.74, 6) is -0.104. The van der Waals surface area contributed by atoms with Crippen LogP contribution in [0.1, 0.15) is 270 Å². The maximum absolute atomic E-state index is 16.9. The van der Waals surface area contributed by atoms with Crippen molar-refractivity contribution in [1.29, 1.82) is 0 Å². The number of carbonyl (C=O) groups excluding carboxylic acids is 1. The van der Waals surface area contributed by atoms with Gasteiger partial charge in [0.1, 0.15) is 5.76 Å². The number of ketones is 1. The predicted molar refractivity (Wildman–Crippen MR) is 426 cm³/mol. The molecule has 0 unspecified atom stereocenters. The molecule has 0 bridgehead atoms. The Bertz CT molecular complexity index is 6000. The predicted octanol–water partition coefficient (Wildman–Crippen LogP) is 24.8. The highest BCUT2D eigenvalue weighted by molar-refractivity contribution is 6.42. The Morgan fingerprint density at radius 3 is 1.07 bits per heavy atom. The number of carbonyl (C=O) groups is 1. The molecule has 2 heterocycles. The van der Waals surface area contributed by atoms with Crippen molar-refractivity contribution in [2.45, 2.75) is 236 Å². The standard InChI is InChI=1S/C96H100N2O2/c1-45-27-68(77-62-39-54(92(12,13)14)29-47-28-51(89(3,4)5)36-59(70(45)77)72(47)62)85-80-65-42-57(95(21,22)23)34-50-35-58(96(24,25)26)43-66(75(50)65)81(80)86(98-85)83-87(99)82(88(83)100)67-44-69(78-63-40-55(93(15,16)17)33-49-32-53(91(9,10)11)38-61(74(49)63)76(67)78)84-79-64-41-56(94(18,19)20)31-48-30-52(90(6,7)8)37-60(73(48)64)71(79)46(2)97-84/h28-43,97,99H,27,44H2,1-26H3. The normalized spacial score (nSPS) is 17.2. The average molecular weight is 1310 g/mol. The zero-order valence-corrected chi connectivity index (χ0v) is 64.5. The highest BCUT2D eigenvalue weighted by Gasteiger charge is 2.47. The van der Waals surface area contributed by atoms with Gasteiger partial charge in [0, 0.05) is 33.7 Å². The van der Waals surface area contributed by atoms with E-state index in [1.54, 1.807) is 0 Å². The highest BCUT2D eigenvalue weighted by Crippen LogP contribution is 2.64. The van der Waals surface area contributed by atoms with E-state index >= 15 is 4.79 Å². The molecule has 2 N–H and O–H groups in total. The summed E-state index contributed by atoms with van der Waals surface area (Å²) in [5.41, 5.74) is 32.4. The number of hydrogen-bond acceptors (Lipinski definition) is 3. The fourth-order valence-corrected chi connectivity index (χ4v) is 18.2. The van der Waals surface area contributed by atoms with E-state index < -0.39 is 0 Å². The SMILES string of the molecule is CC1=C2C(=C(c3nc(=C4C(=O)C(C5=C6C(=C(c7[nH]c(C)c8c7-c7cc(C(C)(C)C)cc9cc(C(C)(C)C)cc-8c79)C5)c5cc(C(C)(C)C)cc7cc(C(C)(C)C)cc6c57)=C4O)c4c5cc(C(C)(C)C)cc6cc(C(C)(C)C)cc(c3=4)c65)C1)c1cc(C(C)(C)C)cc3cc(C(C)(C)C)cc2c13. The van der Waals surface area contributed by atoms with Crippen molar-refractivity contribution in [2.75, 3.05) is 0 Å². The molecule has 17 rings (SSSR count). The van der Waals surface area contributed by atoms with Crippen molar-refractivity contribution >= 4 is 98.7 Å². The lowest BCUT2D eigenvalue weighted by molar-refractivity contribution is -0.111. The Hall–Kier alpha value is -8.60. The lowest BCUT2D eigenvalue weighted by atomic mass is 9.78. The second kappa shape index (κ2) is 19.7. The third-order valence-electron chi connectivity index (χ3n) is 24.1. The van der Waals surface area contributed by atoms with E-state index in [4.69, 9.17) is 4.98 Å². The second-order valence-electron chi connectivity index (χ2n) is 39.5. The summed E-state index contributed by atoms with van der Waals surface area (Å²) in [6.07, 6.45) is 1.18. The summed E-state index contributed by atoms with van der Waals surface area (Å²) in [7, 11) is 0. The topological polar surface area (TPSA) is 66.0 Å². The molecule has 0 fully saturated rings. The van der Waals surface area contributed by atoms with E-state index in [1.165, 1.54) is 160 Å². The molecule has 0 amide bonds. The molecule has 506 valence electrons. The zero-order chi connectivity index (χ0) is 71.5. The largest absolute Gasteiger partial charge is 0.506 e. The fourth-order valence-electron chi connectivity index (χ4n) is 18.2. The molecule has 0 atom stereocenters. The molecule has 9 aromatic rings. The van der Waals surface area contributed by atoms with Gasteiger partial charge in [0.2, 0.25) is 5.78 Å². The van der Waals surface area contributed by atoms with Crippen LogP contribution in [-0.2, 0) is 48.1 Å². The molecule has 7 aliphatic carbocycles. The van der Waals surface area contributed by atoms with Crippen LogP contribution in [0.25, 0.3) is 115 Å². The minimum Gasteiger partial charge on any atom is -0.506 e. The van der Waals surface area contributed by atoms with Crippen molar-refractivity contribution in [2.24, 2.45) is 0 Å². The Labute approximate surface area is 592 Å². The Morgan fingerprint density at radius 1 is 0.340 bits per heavy atom. The van der Waals surface area contributed by atoms with Gasteiger partial charge >= 0.3 is 0 Å². The first kappa shape index (κ1) is 64.8. The summed E-state index contributed by atoms with van der Waals surface area (Å²) in [6.45, 7) is 60.4. The summed E-state index contributed by atoms with van der Waals surface area (Å²) in [5, 5.41) is 28.8. The molecule has 0 saturated carbocycles. The molecule has 4 heteroatoms. The minimum atomic E-state index is -0.196. The summed E-state index contributed by atoms with van der Waals surface area (Å²) >= 11 is 0. The second-order valence-corrected chi connectivity index (χ2v) is 39.5. The zero-order valence-electron chi connectivity index (χ0n) is 64.5. The first-order valence-electron chi connectivity index (χ1n) is 37.0. The minimum absolute atomic E-state index is 0.0419. The van der Waals surface area contributed by atoms with Crippen LogP contribution in [0.5, 0.6) is 0 Å². The van der Waals surface area contributed by atoms with E-state index in [1.807, 2.05) is 0 Å². The number of benzene rings is 8. The third-order valence-corrected chi connectivity index (χ3v) is 24.1. The smallest absolute Gasteiger partial charge is 0.203 e. The number of rotatable bonds is 3. The van der Waals surface area contributed by atoms with Crippen molar-refractivity contribution in [3.05, 3.63) is 219 Å². The molecular formula is C96H100N2O2. The number of aromatic amines is 1. The number of aliphatic hydroxyl groups excluding tert-OH is 1. The van der Waals surface area contributed by atoms with E-state index in [0.717, 1.165) is 61.4 Å². The van der Waals surface area contributed by atoms with Gasteiger partial charge in [-0.3, -0.25) is 4.79 Å². The van der Waals surface area contributed by atoms with E-state index in [9.17, 15) is 5.11 Å². The number of nitrogens with zero attached hydrogens (tertiary/aromatic N) is 1. The van der Waals surface area contributed by atoms with Crippen LogP contribution in [0.3, 0.4) is 0 Å². The number of H-pyrrole nitrogens is 1. The molecular weight excluding hydrogens is 1210 g/mol. The summed E-state index contributed by atoms with van der Waals surface area (Å²) in [4.78, 5) is 27.1. The first-order valence-corrected chi connectivity index (χ1v) is 37.0. The van der Waals surface area contributed by atoms with Crippen LogP contribution in [0.4, 0.5) is 0 Å². The number of fused-ring (bicyclic) bond motifs is 11. The first-order chi connectivity index (χ1) is 46.3. The molecule has 1 aliphatic heterocycles. The number of aliphatic hydroxyl groups is 1. The van der Waals surface area contributed by atoms with Crippen molar-refractivity contribution < 1.29 is 9.90 Å². The quantitative estimate of drug-likeness (QED) is 0.185. The van der Waals surface area contributed by atoms with Gasteiger partial charge in [0.05, 0.1) is 27.9 Å². The van der Waals surface area contributed by atoms with Crippen molar-refractivity contribution in [1.82, 2.24) is 9.97 Å². The van der Waals surface area contributed by atoms with Gasteiger partial charge < -0.3 is 10.1 Å².